The standard InChI is InChI=1S/C14H23N3O2/c1-4-7-19-13-8-10(2)15-14(17-13)16-11-5-6-12(9-11)18-3/h8,11-12H,4-7,9H2,1-3H3,(H,15,16,17). The molecular formula is C14H23N3O2. The summed E-state index contributed by atoms with van der Waals surface area (Å²) in [6, 6.07) is 2.26. The number of aryl methyl sites for hydroxylation is 1. The number of nitrogens with one attached hydrogen (secondary N) is 1. The minimum Gasteiger partial charge on any atom is -0.478 e. The van der Waals surface area contributed by atoms with Crippen molar-refractivity contribution in [1.82, 2.24) is 9.97 Å². The van der Waals surface area contributed by atoms with E-state index in [-0.39, 0.29) is 0 Å². The van der Waals surface area contributed by atoms with Crippen LogP contribution in [0.3, 0.4) is 0 Å². The van der Waals surface area contributed by atoms with Gasteiger partial charge in [-0.1, -0.05) is 6.92 Å². The molecule has 0 spiro atoms. The highest BCUT2D eigenvalue weighted by Gasteiger charge is 2.24. The van der Waals surface area contributed by atoms with Crippen molar-refractivity contribution in [3.63, 3.8) is 0 Å². The van der Waals surface area contributed by atoms with Crippen LogP contribution in [0.2, 0.25) is 0 Å². The number of hydrogen-bond donors (Lipinski definition) is 1. The van der Waals surface area contributed by atoms with Crippen LogP contribution in [0.25, 0.3) is 0 Å². The van der Waals surface area contributed by atoms with Gasteiger partial charge in [-0.2, -0.15) is 4.98 Å². The molecule has 19 heavy (non-hydrogen) atoms. The van der Waals surface area contributed by atoms with Gasteiger partial charge in [-0.3, -0.25) is 0 Å². The Morgan fingerprint density at radius 2 is 2.21 bits per heavy atom. The van der Waals surface area contributed by atoms with Gasteiger partial charge in [-0.05, 0) is 32.6 Å². The highest BCUT2D eigenvalue weighted by Crippen LogP contribution is 2.24. The van der Waals surface area contributed by atoms with Gasteiger partial charge in [0.1, 0.15) is 0 Å². The zero-order chi connectivity index (χ0) is 13.7. The molecule has 1 aromatic heterocycles. The molecule has 1 saturated carbocycles. The van der Waals surface area contributed by atoms with Crippen LogP contribution in [0.5, 0.6) is 5.88 Å². The quantitative estimate of drug-likeness (QED) is 0.856. The summed E-state index contributed by atoms with van der Waals surface area (Å²) in [6.45, 7) is 4.72. The van der Waals surface area contributed by atoms with E-state index < -0.39 is 0 Å². The van der Waals surface area contributed by atoms with E-state index >= 15 is 0 Å². The van der Waals surface area contributed by atoms with Crippen LogP contribution in [-0.4, -0.2) is 35.8 Å². The van der Waals surface area contributed by atoms with Gasteiger partial charge in [-0.25, -0.2) is 4.98 Å². The van der Waals surface area contributed by atoms with Crippen molar-refractivity contribution in [1.29, 1.82) is 0 Å². The maximum atomic E-state index is 5.57. The zero-order valence-electron chi connectivity index (χ0n) is 12.0. The lowest BCUT2D eigenvalue weighted by molar-refractivity contribution is 0.108. The molecule has 1 N–H and O–H groups in total. The van der Waals surface area contributed by atoms with Gasteiger partial charge in [-0.15, -0.1) is 0 Å². The van der Waals surface area contributed by atoms with Crippen LogP contribution in [0.15, 0.2) is 6.07 Å². The number of methoxy groups -OCH3 is 1. The Kier molecular flexibility index (Phi) is 4.96. The Morgan fingerprint density at radius 1 is 1.37 bits per heavy atom. The average Bonchev–Trinajstić information content (AvgIpc) is 2.83. The van der Waals surface area contributed by atoms with E-state index in [1.54, 1.807) is 7.11 Å². The van der Waals surface area contributed by atoms with Crippen molar-refractivity contribution < 1.29 is 9.47 Å². The molecule has 1 aliphatic rings. The van der Waals surface area contributed by atoms with Crippen LogP contribution in [0, 0.1) is 6.92 Å². The first kappa shape index (κ1) is 14.1. The predicted octanol–water partition coefficient (Wildman–Crippen LogP) is 2.55. The first-order chi connectivity index (χ1) is 9.21. The van der Waals surface area contributed by atoms with E-state index in [9.17, 15) is 0 Å². The highest BCUT2D eigenvalue weighted by molar-refractivity contribution is 5.32. The molecular weight excluding hydrogens is 242 g/mol. The van der Waals surface area contributed by atoms with Gasteiger partial charge in [0.15, 0.2) is 0 Å². The molecule has 0 saturated heterocycles. The number of hydrogen-bond acceptors (Lipinski definition) is 5. The van der Waals surface area contributed by atoms with Crippen LogP contribution in [0.4, 0.5) is 5.95 Å². The first-order valence-corrected chi connectivity index (χ1v) is 6.99. The van der Waals surface area contributed by atoms with Crippen molar-refractivity contribution in [2.75, 3.05) is 19.0 Å². The molecule has 1 fully saturated rings. The molecule has 1 aliphatic carbocycles. The number of aromatic nitrogens is 2. The minimum absolute atomic E-state index is 0.359. The minimum atomic E-state index is 0.359. The third-order valence-electron chi connectivity index (χ3n) is 3.34. The van der Waals surface area contributed by atoms with Crippen LogP contribution >= 0.6 is 0 Å². The SMILES string of the molecule is CCCOc1cc(C)nc(NC2CCC(OC)C2)n1. The summed E-state index contributed by atoms with van der Waals surface area (Å²) in [5, 5.41) is 3.38. The van der Waals surface area contributed by atoms with Crippen molar-refractivity contribution >= 4 is 5.95 Å². The summed E-state index contributed by atoms with van der Waals surface area (Å²) in [7, 11) is 1.77. The van der Waals surface area contributed by atoms with Gasteiger partial charge in [0.25, 0.3) is 0 Å². The van der Waals surface area contributed by atoms with Gasteiger partial charge < -0.3 is 14.8 Å². The van der Waals surface area contributed by atoms with Gasteiger partial charge in [0.2, 0.25) is 11.8 Å². The molecule has 5 nitrogen and oxygen atoms in total. The summed E-state index contributed by atoms with van der Waals surface area (Å²) in [4.78, 5) is 8.81. The number of nitrogens with zero attached hydrogens (tertiary/aromatic N) is 2. The first-order valence-electron chi connectivity index (χ1n) is 6.99. The fourth-order valence-electron chi connectivity index (χ4n) is 2.35. The van der Waals surface area contributed by atoms with E-state index in [1.807, 2.05) is 13.0 Å². The maximum Gasteiger partial charge on any atom is 0.226 e. The van der Waals surface area contributed by atoms with Crippen LogP contribution < -0.4 is 10.1 Å². The van der Waals surface area contributed by atoms with Gasteiger partial charge in [0, 0.05) is 24.9 Å². The molecule has 1 aromatic rings. The summed E-state index contributed by atoms with van der Waals surface area (Å²) >= 11 is 0. The number of anilines is 1. The molecule has 0 amide bonds. The molecule has 2 unspecified atom stereocenters. The van der Waals surface area contributed by atoms with E-state index in [0.717, 1.165) is 31.4 Å². The Balaban J connectivity index is 1.97. The van der Waals surface area contributed by atoms with Crippen molar-refractivity contribution in [2.45, 2.75) is 51.7 Å². The van der Waals surface area contributed by atoms with Gasteiger partial charge >= 0.3 is 0 Å². The van der Waals surface area contributed by atoms with E-state index in [0.29, 0.717) is 30.6 Å². The van der Waals surface area contributed by atoms with E-state index in [1.165, 1.54) is 0 Å². The van der Waals surface area contributed by atoms with Crippen molar-refractivity contribution in [3.8, 4) is 5.88 Å². The van der Waals surface area contributed by atoms with Crippen LogP contribution in [0.1, 0.15) is 38.3 Å². The Morgan fingerprint density at radius 3 is 2.89 bits per heavy atom. The fourth-order valence-corrected chi connectivity index (χ4v) is 2.35. The molecule has 0 bridgehead atoms. The van der Waals surface area contributed by atoms with E-state index in [2.05, 4.69) is 22.2 Å². The largest absolute Gasteiger partial charge is 0.478 e. The molecule has 0 aliphatic heterocycles. The summed E-state index contributed by atoms with van der Waals surface area (Å²) < 4.78 is 10.9. The summed E-state index contributed by atoms with van der Waals surface area (Å²) in [5.41, 5.74) is 0.921. The third kappa shape index (κ3) is 4.06. The second-order valence-corrected chi connectivity index (χ2v) is 5.03. The summed E-state index contributed by atoms with van der Waals surface area (Å²) in [5.74, 6) is 1.31. The zero-order valence-corrected chi connectivity index (χ0v) is 12.0. The number of rotatable bonds is 6. The average molecular weight is 265 g/mol. The Bertz CT molecular complexity index is 412. The monoisotopic (exact) mass is 265 g/mol. The highest BCUT2D eigenvalue weighted by atomic mass is 16.5. The van der Waals surface area contributed by atoms with Gasteiger partial charge in [0.05, 0.1) is 12.7 Å². The second-order valence-electron chi connectivity index (χ2n) is 5.03. The molecule has 5 heteroatoms. The molecule has 106 valence electrons. The molecule has 2 rings (SSSR count). The smallest absolute Gasteiger partial charge is 0.226 e. The molecule has 1 heterocycles. The van der Waals surface area contributed by atoms with E-state index in [4.69, 9.17) is 9.47 Å². The molecule has 0 aromatic carbocycles. The maximum absolute atomic E-state index is 5.57. The predicted molar refractivity (Wildman–Crippen MR) is 74.6 cm³/mol. The lowest BCUT2D eigenvalue weighted by atomic mass is 10.2. The summed E-state index contributed by atoms with van der Waals surface area (Å²) in [6.07, 6.45) is 4.54. The normalized spacial score (nSPS) is 22.5. The lowest BCUT2D eigenvalue weighted by Crippen LogP contribution is -2.19. The Labute approximate surface area is 114 Å². The topological polar surface area (TPSA) is 56.3 Å². The fraction of sp³-hybridized carbons (Fsp3) is 0.714. The van der Waals surface area contributed by atoms with Crippen molar-refractivity contribution in [3.05, 3.63) is 11.8 Å². The number of ether oxygens (including phenoxy) is 2. The van der Waals surface area contributed by atoms with Crippen LogP contribution in [-0.2, 0) is 4.74 Å². The Hall–Kier alpha value is -1.36. The third-order valence-corrected chi connectivity index (χ3v) is 3.34. The molecule has 0 radical (unpaired) electrons. The van der Waals surface area contributed by atoms with Crippen molar-refractivity contribution in [2.24, 2.45) is 0 Å². The molecule has 2 atom stereocenters. The second kappa shape index (κ2) is 6.70. The lowest BCUT2D eigenvalue weighted by Gasteiger charge is -2.14.